The SMILES string of the molecule is C#Cc1ccc2cc(-c3ccc(C(=O)NCCC4CCCOCC4)nc3)ccc2c1C=O. The third-order valence-corrected chi connectivity index (χ3v) is 6.07. The molecule has 1 N–H and O–H groups in total. The third-order valence-electron chi connectivity index (χ3n) is 6.07. The topological polar surface area (TPSA) is 68.3 Å². The van der Waals surface area contributed by atoms with Crippen LogP contribution < -0.4 is 5.32 Å². The number of hydrogen-bond donors (Lipinski definition) is 1. The molecule has 1 aliphatic rings. The molecule has 4 rings (SSSR count). The van der Waals surface area contributed by atoms with Crippen molar-refractivity contribution in [1.29, 1.82) is 0 Å². The molecule has 3 aromatic rings. The Bertz CT molecular complexity index is 1150. The van der Waals surface area contributed by atoms with Crippen LogP contribution in [0.2, 0.25) is 0 Å². The second-order valence-electron chi connectivity index (χ2n) is 8.11. The maximum absolute atomic E-state index is 12.5. The van der Waals surface area contributed by atoms with E-state index in [1.807, 2.05) is 30.3 Å². The van der Waals surface area contributed by atoms with Crippen LogP contribution in [0.1, 0.15) is 52.1 Å². The zero-order valence-electron chi connectivity index (χ0n) is 18.0. The molecule has 0 radical (unpaired) electrons. The zero-order valence-corrected chi connectivity index (χ0v) is 18.0. The number of amides is 1. The summed E-state index contributed by atoms with van der Waals surface area (Å²) in [6, 6.07) is 13.2. The average Bonchev–Trinajstić information content (AvgIpc) is 3.11. The van der Waals surface area contributed by atoms with Crippen molar-refractivity contribution in [2.75, 3.05) is 19.8 Å². The average molecular weight is 427 g/mol. The molecular weight excluding hydrogens is 400 g/mol. The van der Waals surface area contributed by atoms with E-state index in [0.717, 1.165) is 67.1 Å². The van der Waals surface area contributed by atoms with Gasteiger partial charge in [0.2, 0.25) is 0 Å². The maximum Gasteiger partial charge on any atom is 0.269 e. The number of hydrogen-bond acceptors (Lipinski definition) is 4. The van der Waals surface area contributed by atoms with Crippen molar-refractivity contribution in [3.05, 3.63) is 65.5 Å². The Morgan fingerprint density at radius 1 is 1.16 bits per heavy atom. The first kappa shape index (κ1) is 21.7. The number of nitrogens with zero attached hydrogens (tertiary/aromatic N) is 1. The summed E-state index contributed by atoms with van der Waals surface area (Å²) >= 11 is 0. The molecule has 2 aromatic carbocycles. The Hall–Kier alpha value is -3.49. The molecule has 1 fully saturated rings. The monoisotopic (exact) mass is 426 g/mol. The Balaban J connectivity index is 1.42. The lowest BCUT2D eigenvalue weighted by atomic mass is 9.96. The molecule has 5 heteroatoms. The highest BCUT2D eigenvalue weighted by molar-refractivity contribution is 6.02. The summed E-state index contributed by atoms with van der Waals surface area (Å²) in [5, 5.41) is 4.73. The van der Waals surface area contributed by atoms with E-state index >= 15 is 0 Å². The highest BCUT2D eigenvalue weighted by atomic mass is 16.5. The van der Waals surface area contributed by atoms with Crippen LogP contribution in [-0.2, 0) is 4.74 Å². The number of aldehydes is 1. The third kappa shape index (κ3) is 4.87. The van der Waals surface area contributed by atoms with Crippen LogP contribution >= 0.6 is 0 Å². The van der Waals surface area contributed by atoms with Gasteiger partial charge in [-0.25, -0.2) is 0 Å². The minimum Gasteiger partial charge on any atom is -0.381 e. The molecular formula is C27H26N2O3. The maximum atomic E-state index is 12.5. The molecule has 0 spiro atoms. The molecule has 0 bridgehead atoms. The van der Waals surface area contributed by atoms with E-state index in [2.05, 4.69) is 16.2 Å². The lowest BCUT2D eigenvalue weighted by Crippen LogP contribution is -2.26. The predicted octanol–water partition coefficient (Wildman–Crippen LogP) is 4.63. The van der Waals surface area contributed by atoms with E-state index in [-0.39, 0.29) is 5.91 Å². The van der Waals surface area contributed by atoms with E-state index in [1.54, 1.807) is 18.3 Å². The van der Waals surface area contributed by atoms with E-state index < -0.39 is 0 Å². The van der Waals surface area contributed by atoms with Crippen LogP contribution in [0.4, 0.5) is 0 Å². The van der Waals surface area contributed by atoms with Crippen LogP contribution in [-0.4, -0.2) is 36.9 Å². The smallest absolute Gasteiger partial charge is 0.269 e. The van der Waals surface area contributed by atoms with Gasteiger partial charge in [-0.05, 0) is 66.1 Å². The Kier molecular flexibility index (Phi) is 6.94. The van der Waals surface area contributed by atoms with E-state index in [0.29, 0.717) is 29.3 Å². The summed E-state index contributed by atoms with van der Waals surface area (Å²) in [6.45, 7) is 2.31. The van der Waals surface area contributed by atoms with Crippen LogP contribution in [0, 0.1) is 18.3 Å². The van der Waals surface area contributed by atoms with Crippen molar-refractivity contribution in [2.24, 2.45) is 5.92 Å². The minimum absolute atomic E-state index is 0.155. The van der Waals surface area contributed by atoms with E-state index in [9.17, 15) is 9.59 Å². The summed E-state index contributed by atoms with van der Waals surface area (Å²) in [7, 11) is 0. The Morgan fingerprint density at radius 3 is 2.81 bits per heavy atom. The molecule has 1 aliphatic heterocycles. The lowest BCUT2D eigenvalue weighted by molar-refractivity contribution is 0.0945. The van der Waals surface area contributed by atoms with Crippen molar-refractivity contribution >= 4 is 23.0 Å². The molecule has 1 atom stereocenters. The number of benzene rings is 2. The van der Waals surface area contributed by atoms with Gasteiger partial charge >= 0.3 is 0 Å². The molecule has 1 amide bonds. The van der Waals surface area contributed by atoms with Crippen LogP contribution in [0.25, 0.3) is 21.9 Å². The van der Waals surface area contributed by atoms with Gasteiger partial charge in [-0.15, -0.1) is 6.42 Å². The fourth-order valence-electron chi connectivity index (χ4n) is 4.22. The predicted molar refractivity (Wildman–Crippen MR) is 126 cm³/mol. The fourth-order valence-corrected chi connectivity index (χ4v) is 4.22. The molecule has 0 aliphatic carbocycles. The summed E-state index contributed by atoms with van der Waals surface area (Å²) in [4.78, 5) is 28.3. The summed E-state index contributed by atoms with van der Waals surface area (Å²) in [5.41, 5.74) is 3.37. The van der Waals surface area contributed by atoms with Gasteiger partial charge in [0.1, 0.15) is 5.69 Å². The highest BCUT2D eigenvalue weighted by Gasteiger charge is 2.14. The molecule has 1 aromatic heterocycles. The Morgan fingerprint density at radius 2 is 2.03 bits per heavy atom. The van der Waals surface area contributed by atoms with Gasteiger partial charge in [-0.2, -0.15) is 0 Å². The van der Waals surface area contributed by atoms with Crippen molar-refractivity contribution < 1.29 is 14.3 Å². The number of rotatable bonds is 6. The highest BCUT2D eigenvalue weighted by Crippen LogP contribution is 2.27. The number of ether oxygens (including phenoxy) is 1. The number of carbonyl (C=O) groups is 2. The van der Waals surface area contributed by atoms with Gasteiger partial charge < -0.3 is 10.1 Å². The zero-order chi connectivity index (χ0) is 22.3. The quantitative estimate of drug-likeness (QED) is 0.461. The van der Waals surface area contributed by atoms with Crippen molar-refractivity contribution in [2.45, 2.75) is 25.7 Å². The second kappa shape index (κ2) is 10.2. The molecule has 1 saturated heterocycles. The van der Waals surface area contributed by atoms with Gasteiger partial charge in [0.15, 0.2) is 6.29 Å². The van der Waals surface area contributed by atoms with Crippen molar-refractivity contribution in [1.82, 2.24) is 10.3 Å². The molecule has 2 heterocycles. The number of fused-ring (bicyclic) bond motifs is 1. The first-order valence-corrected chi connectivity index (χ1v) is 11.0. The summed E-state index contributed by atoms with van der Waals surface area (Å²) < 4.78 is 5.49. The standard InChI is InChI=1S/C27H26N2O3/c1-2-20-5-6-22-16-21(7-9-24(22)25(20)18-30)23-8-10-26(29-17-23)27(31)28-13-11-19-4-3-14-32-15-12-19/h1,5-10,16-19H,3-4,11-15H2,(H,28,31). The first-order valence-electron chi connectivity index (χ1n) is 11.0. The molecule has 0 saturated carbocycles. The summed E-state index contributed by atoms with van der Waals surface area (Å²) in [5.74, 6) is 3.01. The van der Waals surface area contributed by atoms with Crippen molar-refractivity contribution in [3.63, 3.8) is 0 Å². The van der Waals surface area contributed by atoms with Crippen LogP contribution in [0.5, 0.6) is 0 Å². The Labute approximate surface area is 188 Å². The number of nitrogens with one attached hydrogen (secondary N) is 1. The molecule has 5 nitrogen and oxygen atoms in total. The fraction of sp³-hybridized carbons (Fsp3) is 0.296. The van der Waals surface area contributed by atoms with Gasteiger partial charge in [-0.1, -0.05) is 30.2 Å². The lowest BCUT2D eigenvalue weighted by Gasteiger charge is -2.13. The largest absolute Gasteiger partial charge is 0.381 e. The summed E-state index contributed by atoms with van der Waals surface area (Å²) in [6.07, 6.45) is 12.3. The van der Waals surface area contributed by atoms with E-state index in [1.165, 1.54) is 0 Å². The molecule has 32 heavy (non-hydrogen) atoms. The molecule has 1 unspecified atom stereocenters. The molecule has 162 valence electrons. The minimum atomic E-state index is -0.155. The number of pyridine rings is 1. The van der Waals surface area contributed by atoms with Gasteiger partial charge in [0.25, 0.3) is 5.91 Å². The van der Waals surface area contributed by atoms with Crippen LogP contribution in [0.15, 0.2) is 48.7 Å². The van der Waals surface area contributed by atoms with Gasteiger partial charge in [0, 0.05) is 42.6 Å². The van der Waals surface area contributed by atoms with Crippen molar-refractivity contribution in [3.8, 4) is 23.5 Å². The van der Waals surface area contributed by atoms with Crippen LogP contribution in [0.3, 0.4) is 0 Å². The number of aromatic nitrogens is 1. The van der Waals surface area contributed by atoms with Gasteiger partial charge in [-0.3, -0.25) is 14.6 Å². The first-order chi connectivity index (χ1) is 15.7. The number of carbonyl (C=O) groups excluding carboxylic acids is 2. The number of terminal acetylenes is 1. The normalized spacial score (nSPS) is 16.2. The van der Waals surface area contributed by atoms with E-state index in [4.69, 9.17) is 11.2 Å². The second-order valence-corrected chi connectivity index (χ2v) is 8.11. The van der Waals surface area contributed by atoms with Gasteiger partial charge in [0.05, 0.1) is 0 Å².